The summed E-state index contributed by atoms with van der Waals surface area (Å²) in [5.41, 5.74) is 0.285. The van der Waals surface area contributed by atoms with Gasteiger partial charge in [-0.15, -0.1) is 0 Å². The molecule has 1 saturated heterocycles. The van der Waals surface area contributed by atoms with Gasteiger partial charge in [0.15, 0.2) is 0 Å². The predicted molar refractivity (Wildman–Crippen MR) is 115 cm³/mol. The van der Waals surface area contributed by atoms with Gasteiger partial charge in [0.25, 0.3) is 0 Å². The summed E-state index contributed by atoms with van der Waals surface area (Å²) in [6.07, 6.45) is 9.63. The molecule has 4 aliphatic carbocycles. The van der Waals surface area contributed by atoms with Crippen molar-refractivity contribution in [3.63, 3.8) is 0 Å². The van der Waals surface area contributed by atoms with Gasteiger partial charge in [0.2, 0.25) is 15.9 Å². The van der Waals surface area contributed by atoms with Crippen LogP contribution in [0.1, 0.15) is 57.8 Å². The highest BCUT2D eigenvalue weighted by molar-refractivity contribution is 7.89. The average Bonchev–Trinajstić information content (AvgIpc) is 2.73. The molecular formula is C23H32N2O4S. The average molecular weight is 433 g/mol. The number of benzene rings is 1. The summed E-state index contributed by atoms with van der Waals surface area (Å²) in [6, 6.07) is 5.00. The monoisotopic (exact) mass is 432 g/mol. The van der Waals surface area contributed by atoms with Gasteiger partial charge in [-0.05, 0) is 87.3 Å². The van der Waals surface area contributed by atoms with E-state index in [2.05, 4.69) is 5.32 Å². The van der Waals surface area contributed by atoms with Crippen LogP contribution in [0.4, 0.5) is 5.69 Å². The van der Waals surface area contributed by atoms with E-state index in [1.165, 1.54) is 26.4 Å². The molecule has 30 heavy (non-hydrogen) atoms. The first-order valence-electron chi connectivity index (χ1n) is 11.4. The van der Waals surface area contributed by atoms with Crippen LogP contribution in [-0.2, 0) is 14.8 Å². The smallest absolute Gasteiger partial charge is 0.246 e. The zero-order valence-corrected chi connectivity index (χ0v) is 18.5. The Labute approximate surface area is 179 Å². The molecule has 0 spiro atoms. The number of rotatable bonds is 5. The largest absolute Gasteiger partial charge is 0.495 e. The summed E-state index contributed by atoms with van der Waals surface area (Å²) >= 11 is 0. The van der Waals surface area contributed by atoms with E-state index in [1.807, 2.05) is 0 Å². The minimum absolute atomic E-state index is 0.0769. The Morgan fingerprint density at radius 2 is 1.63 bits per heavy atom. The van der Waals surface area contributed by atoms with Gasteiger partial charge >= 0.3 is 0 Å². The lowest BCUT2D eigenvalue weighted by molar-refractivity contribution is -0.140. The van der Waals surface area contributed by atoms with Crippen LogP contribution < -0.4 is 10.1 Å². The number of piperidine rings is 1. The summed E-state index contributed by atoms with van der Waals surface area (Å²) in [6.45, 7) is 1.07. The zero-order chi connectivity index (χ0) is 20.9. The van der Waals surface area contributed by atoms with Gasteiger partial charge in [0.1, 0.15) is 10.6 Å². The Morgan fingerprint density at radius 1 is 1.03 bits per heavy atom. The van der Waals surface area contributed by atoms with Crippen molar-refractivity contribution in [1.82, 2.24) is 4.31 Å². The molecule has 6 rings (SSSR count). The second-order valence-electron chi connectivity index (χ2n) is 9.98. The van der Waals surface area contributed by atoms with Crippen molar-refractivity contribution in [2.75, 3.05) is 25.5 Å². The van der Waals surface area contributed by atoms with Gasteiger partial charge in [-0.3, -0.25) is 4.79 Å². The summed E-state index contributed by atoms with van der Waals surface area (Å²) in [4.78, 5) is 13.5. The van der Waals surface area contributed by atoms with E-state index in [9.17, 15) is 13.2 Å². The molecule has 1 heterocycles. The van der Waals surface area contributed by atoms with Crippen LogP contribution in [-0.4, -0.2) is 38.8 Å². The molecule has 1 N–H and O–H groups in total. The second-order valence-corrected chi connectivity index (χ2v) is 11.9. The van der Waals surface area contributed by atoms with Crippen LogP contribution in [0.2, 0.25) is 0 Å². The molecule has 5 fully saturated rings. The van der Waals surface area contributed by atoms with E-state index >= 15 is 0 Å². The zero-order valence-electron chi connectivity index (χ0n) is 17.7. The van der Waals surface area contributed by atoms with E-state index in [4.69, 9.17) is 4.74 Å². The first-order valence-corrected chi connectivity index (χ1v) is 12.8. The molecule has 7 heteroatoms. The Balaban J connectivity index is 1.40. The minimum atomic E-state index is -3.65. The first-order chi connectivity index (χ1) is 14.4. The maximum atomic E-state index is 13.4. The number of ether oxygens (including phenoxy) is 1. The lowest BCUT2D eigenvalue weighted by Crippen LogP contribution is -2.51. The predicted octanol–water partition coefficient (Wildman–Crippen LogP) is 4.02. The number of hydrogen-bond donors (Lipinski definition) is 1. The lowest BCUT2D eigenvalue weighted by Gasteiger charge is -2.55. The van der Waals surface area contributed by atoms with Gasteiger partial charge < -0.3 is 10.1 Å². The molecule has 1 aliphatic heterocycles. The number of sulfonamides is 1. The van der Waals surface area contributed by atoms with Crippen LogP contribution in [0, 0.1) is 23.2 Å². The summed E-state index contributed by atoms with van der Waals surface area (Å²) in [7, 11) is -2.17. The van der Waals surface area contributed by atoms with Crippen molar-refractivity contribution in [3.8, 4) is 5.75 Å². The quantitative estimate of drug-likeness (QED) is 0.762. The third kappa shape index (κ3) is 3.44. The number of amides is 1. The fourth-order valence-corrected chi connectivity index (χ4v) is 8.55. The molecule has 0 unspecified atom stereocenters. The molecular weight excluding hydrogens is 400 g/mol. The van der Waals surface area contributed by atoms with Crippen molar-refractivity contribution >= 4 is 21.6 Å². The Morgan fingerprint density at radius 3 is 2.20 bits per heavy atom. The van der Waals surface area contributed by atoms with E-state index < -0.39 is 10.0 Å². The molecule has 164 valence electrons. The number of nitrogens with zero attached hydrogens (tertiary/aromatic N) is 1. The van der Waals surface area contributed by atoms with Gasteiger partial charge in [0, 0.05) is 18.8 Å². The SMILES string of the molecule is COc1ccc(NC(=O)C23CC4CC(CC(C4)C2)C3)cc1S(=O)(=O)N1CCCCC1. The van der Waals surface area contributed by atoms with Gasteiger partial charge in [-0.1, -0.05) is 6.42 Å². The lowest BCUT2D eigenvalue weighted by atomic mass is 9.49. The van der Waals surface area contributed by atoms with E-state index in [0.29, 0.717) is 42.3 Å². The summed E-state index contributed by atoms with van der Waals surface area (Å²) in [5, 5.41) is 3.09. The molecule has 0 aromatic heterocycles. The number of nitrogens with one attached hydrogen (secondary N) is 1. The fourth-order valence-electron chi connectivity index (χ4n) is 6.85. The number of methoxy groups -OCH3 is 1. The van der Waals surface area contributed by atoms with E-state index in [1.54, 1.807) is 22.5 Å². The molecule has 0 radical (unpaired) electrons. The van der Waals surface area contributed by atoms with Crippen LogP contribution in [0.15, 0.2) is 23.1 Å². The number of hydrogen-bond acceptors (Lipinski definition) is 4. The van der Waals surface area contributed by atoms with Crippen molar-refractivity contribution in [2.24, 2.45) is 23.2 Å². The Kier molecular flexibility index (Phi) is 5.09. The molecule has 4 bridgehead atoms. The van der Waals surface area contributed by atoms with Crippen molar-refractivity contribution in [3.05, 3.63) is 18.2 Å². The first kappa shape index (κ1) is 20.3. The third-order valence-corrected chi connectivity index (χ3v) is 9.79. The topological polar surface area (TPSA) is 75.7 Å². The molecule has 4 saturated carbocycles. The summed E-state index contributed by atoms with van der Waals surface area (Å²) in [5.74, 6) is 2.47. The molecule has 5 aliphatic rings. The van der Waals surface area contributed by atoms with Crippen LogP contribution in [0.5, 0.6) is 5.75 Å². The fraction of sp³-hybridized carbons (Fsp3) is 0.696. The van der Waals surface area contributed by atoms with Crippen LogP contribution in [0.25, 0.3) is 0 Å². The van der Waals surface area contributed by atoms with Crippen molar-refractivity contribution in [1.29, 1.82) is 0 Å². The molecule has 1 aromatic carbocycles. The van der Waals surface area contributed by atoms with Crippen molar-refractivity contribution < 1.29 is 17.9 Å². The molecule has 0 atom stereocenters. The molecule has 1 aromatic rings. The van der Waals surface area contributed by atoms with Gasteiger partial charge in [-0.2, -0.15) is 4.31 Å². The van der Waals surface area contributed by atoms with Crippen LogP contribution >= 0.6 is 0 Å². The van der Waals surface area contributed by atoms with Gasteiger partial charge in [0.05, 0.1) is 12.5 Å². The number of anilines is 1. The van der Waals surface area contributed by atoms with E-state index in [0.717, 1.165) is 38.5 Å². The molecule has 6 nitrogen and oxygen atoms in total. The van der Waals surface area contributed by atoms with Gasteiger partial charge in [-0.25, -0.2) is 8.42 Å². The third-order valence-electron chi connectivity index (χ3n) is 7.87. The Bertz CT molecular complexity index is 901. The van der Waals surface area contributed by atoms with Crippen molar-refractivity contribution in [2.45, 2.75) is 62.7 Å². The Hall–Kier alpha value is -1.60. The van der Waals surface area contributed by atoms with E-state index in [-0.39, 0.29) is 16.2 Å². The maximum Gasteiger partial charge on any atom is 0.246 e. The highest BCUT2D eigenvalue weighted by atomic mass is 32.2. The summed E-state index contributed by atoms with van der Waals surface area (Å²) < 4.78 is 33.4. The second kappa shape index (κ2) is 7.52. The highest BCUT2D eigenvalue weighted by Gasteiger charge is 2.54. The normalized spacial score (nSPS) is 33.4. The molecule has 1 amide bonds. The highest BCUT2D eigenvalue weighted by Crippen LogP contribution is 2.60. The van der Waals surface area contributed by atoms with Crippen LogP contribution in [0.3, 0.4) is 0 Å². The number of carbonyl (C=O) groups is 1. The number of carbonyl (C=O) groups excluding carboxylic acids is 1. The maximum absolute atomic E-state index is 13.4. The standard InChI is InChI=1S/C23H32N2O4S/c1-29-20-6-5-19(12-21(20)30(27,28)25-7-3-2-4-8-25)24-22(26)23-13-16-9-17(14-23)11-18(10-16)15-23/h5-6,12,16-18H,2-4,7-11,13-15H2,1H3,(H,24,26). The minimum Gasteiger partial charge on any atom is -0.495 e.